The number of rotatable bonds is 7. The molecule has 1 heterocycles. The Balaban J connectivity index is 0.00000288. The van der Waals surface area contributed by atoms with E-state index >= 15 is 0 Å². The Kier molecular flexibility index (Phi) is 11.1. The van der Waals surface area contributed by atoms with Crippen LogP contribution >= 0.6 is 47.8 Å². The van der Waals surface area contributed by atoms with Crippen LogP contribution in [0, 0.1) is 6.92 Å². The normalized spacial score (nSPS) is 11.0. The van der Waals surface area contributed by atoms with E-state index in [2.05, 4.69) is 10.3 Å². The van der Waals surface area contributed by atoms with Gasteiger partial charge in [0.15, 0.2) is 0 Å². The van der Waals surface area contributed by atoms with Gasteiger partial charge in [0, 0.05) is 17.6 Å². The van der Waals surface area contributed by atoms with E-state index in [0.29, 0.717) is 34.5 Å². The van der Waals surface area contributed by atoms with Crippen LogP contribution in [0.1, 0.15) is 33.7 Å². The van der Waals surface area contributed by atoms with Gasteiger partial charge in [-0.05, 0) is 44.5 Å². The van der Waals surface area contributed by atoms with Crippen LogP contribution in [0.4, 0.5) is 0 Å². The molecule has 1 aromatic carbocycles. The fourth-order valence-corrected chi connectivity index (χ4v) is 2.91. The van der Waals surface area contributed by atoms with Crippen molar-refractivity contribution >= 4 is 53.7 Å². The highest BCUT2D eigenvalue weighted by Crippen LogP contribution is 2.21. The third-order valence-electron chi connectivity index (χ3n) is 3.11. The first-order valence-electron chi connectivity index (χ1n) is 7.34. The molecule has 2 rings (SSSR count). The number of thiazole rings is 1. The van der Waals surface area contributed by atoms with E-state index in [1.54, 1.807) is 24.3 Å². The molecule has 3 N–H and O–H groups in total. The number of carbonyl (C=O) groups is 1. The largest absolute Gasteiger partial charge is 0.486 e. The summed E-state index contributed by atoms with van der Waals surface area (Å²) in [7, 11) is 0. The molecule has 2 aromatic rings. The number of aromatic nitrogens is 1. The van der Waals surface area contributed by atoms with E-state index in [0.717, 1.165) is 11.4 Å². The fraction of sp³-hybridized carbons (Fsp3) is 0.375. The van der Waals surface area contributed by atoms with Gasteiger partial charge in [-0.3, -0.25) is 4.79 Å². The third kappa shape index (κ3) is 7.79. The minimum Gasteiger partial charge on any atom is -0.486 e. The summed E-state index contributed by atoms with van der Waals surface area (Å²) in [5.74, 6) is 0.601. The Bertz CT molecular complexity index is 663. The van der Waals surface area contributed by atoms with Gasteiger partial charge in [0.05, 0.1) is 5.69 Å². The molecular formula is C16H22Cl3N3O2S. The number of nitrogens with zero attached hydrogens (tertiary/aromatic N) is 1. The van der Waals surface area contributed by atoms with Gasteiger partial charge in [-0.25, -0.2) is 4.98 Å². The maximum Gasteiger partial charge on any atom is 0.263 e. The molecule has 140 valence electrons. The van der Waals surface area contributed by atoms with Gasteiger partial charge >= 0.3 is 0 Å². The van der Waals surface area contributed by atoms with Crippen molar-refractivity contribution in [2.75, 3.05) is 6.54 Å². The lowest BCUT2D eigenvalue weighted by atomic mass is 10.2. The summed E-state index contributed by atoms with van der Waals surface area (Å²) in [5.41, 5.74) is 6.38. The second kappa shape index (κ2) is 11.5. The summed E-state index contributed by atoms with van der Waals surface area (Å²) in [6.07, 6.45) is 0.746. The first-order valence-corrected chi connectivity index (χ1v) is 8.53. The number of nitrogens with one attached hydrogen (secondary N) is 1. The topological polar surface area (TPSA) is 77.2 Å². The second-order valence-corrected chi connectivity index (χ2v) is 6.81. The molecule has 0 fully saturated rings. The van der Waals surface area contributed by atoms with Crippen LogP contribution in [0.5, 0.6) is 5.75 Å². The molecule has 0 aliphatic carbocycles. The minimum atomic E-state index is -0.113. The van der Waals surface area contributed by atoms with Crippen molar-refractivity contribution in [2.45, 2.75) is 32.9 Å². The van der Waals surface area contributed by atoms with Crippen molar-refractivity contribution in [1.82, 2.24) is 10.3 Å². The van der Waals surface area contributed by atoms with Crippen molar-refractivity contribution in [3.63, 3.8) is 0 Å². The number of nitrogens with two attached hydrogens (primary N) is 1. The first-order chi connectivity index (χ1) is 11.0. The highest BCUT2D eigenvalue weighted by molar-refractivity contribution is 7.13. The third-order valence-corrected chi connectivity index (χ3v) is 4.49. The Labute approximate surface area is 169 Å². The summed E-state index contributed by atoms with van der Waals surface area (Å²) in [4.78, 5) is 17.1. The lowest BCUT2D eigenvalue weighted by Gasteiger charge is -2.06. The molecule has 0 saturated heterocycles. The van der Waals surface area contributed by atoms with E-state index in [1.165, 1.54) is 11.3 Å². The van der Waals surface area contributed by atoms with E-state index in [1.807, 2.05) is 13.8 Å². The molecule has 1 unspecified atom stereocenters. The molecule has 0 spiro atoms. The number of aryl methyl sites for hydroxylation is 1. The van der Waals surface area contributed by atoms with Crippen molar-refractivity contribution in [1.29, 1.82) is 0 Å². The summed E-state index contributed by atoms with van der Waals surface area (Å²) < 4.78 is 5.65. The molecule has 0 aliphatic rings. The van der Waals surface area contributed by atoms with E-state index in [9.17, 15) is 4.79 Å². The maximum absolute atomic E-state index is 12.1. The maximum atomic E-state index is 12.1. The number of hydrogen-bond acceptors (Lipinski definition) is 5. The molecule has 1 atom stereocenters. The van der Waals surface area contributed by atoms with Crippen LogP contribution in [-0.4, -0.2) is 23.5 Å². The van der Waals surface area contributed by atoms with Gasteiger partial charge in [-0.2, -0.15) is 0 Å². The first kappa shape index (κ1) is 23.9. The monoisotopic (exact) mass is 425 g/mol. The average Bonchev–Trinajstić information content (AvgIpc) is 2.87. The number of halogens is 3. The van der Waals surface area contributed by atoms with Gasteiger partial charge in [0.1, 0.15) is 22.2 Å². The van der Waals surface area contributed by atoms with Crippen molar-refractivity contribution in [2.24, 2.45) is 5.73 Å². The molecule has 0 bridgehead atoms. The predicted molar refractivity (Wildman–Crippen MR) is 108 cm³/mol. The highest BCUT2D eigenvalue weighted by atomic mass is 35.5. The van der Waals surface area contributed by atoms with Crippen molar-refractivity contribution < 1.29 is 9.53 Å². The van der Waals surface area contributed by atoms with E-state index in [4.69, 9.17) is 22.1 Å². The van der Waals surface area contributed by atoms with Gasteiger partial charge in [-0.1, -0.05) is 11.6 Å². The smallest absolute Gasteiger partial charge is 0.263 e. The molecule has 0 radical (unpaired) electrons. The Morgan fingerprint density at radius 3 is 2.60 bits per heavy atom. The molecule has 5 nitrogen and oxygen atoms in total. The number of ether oxygens (including phenoxy) is 1. The summed E-state index contributed by atoms with van der Waals surface area (Å²) in [6, 6.07) is 7.19. The predicted octanol–water partition coefficient (Wildman–Crippen LogP) is 3.99. The standard InChI is InChI=1S/C16H20ClN3O2S.2ClH/c1-10(18)7-8-19-16(21)15-11(2)20-14(23-15)9-22-13-5-3-12(17)4-6-13;;/h3-6,10H,7-9,18H2,1-2H3,(H,19,21);2*1H. The highest BCUT2D eigenvalue weighted by Gasteiger charge is 2.15. The van der Waals surface area contributed by atoms with Crippen LogP contribution in [-0.2, 0) is 6.61 Å². The molecule has 0 aliphatic heterocycles. The van der Waals surface area contributed by atoms with Gasteiger partial charge in [0.25, 0.3) is 5.91 Å². The lowest BCUT2D eigenvalue weighted by Crippen LogP contribution is -2.28. The zero-order chi connectivity index (χ0) is 16.8. The average molecular weight is 427 g/mol. The quantitative estimate of drug-likeness (QED) is 0.701. The lowest BCUT2D eigenvalue weighted by molar-refractivity contribution is 0.0956. The molecule has 25 heavy (non-hydrogen) atoms. The van der Waals surface area contributed by atoms with Crippen molar-refractivity contribution in [3.8, 4) is 5.75 Å². The molecule has 9 heteroatoms. The zero-order valence-corrected chi connectivity index (χ0v) is 17.2. The Hall–Kier alpha value is -1.05. The Morgan fingerprint density at radius 2 is 2.00 bits per heavy atom. The number of benzene rings is 1. The molecule has 1 aromatic heterocycles. The summed E-state index contributed by atoms with van der Waals surface area (Å²) >= 11 is 7.17. The number of hydrogen-bond donors (Lipinski definition) is 2. The summed E-state index contributed by atoms with van der Waals surface area (Å²) in [5, 5.41) is 4.28. The van der Waals surface area contributed by atoms with Crippen LogP contribution in [0.15, 0.2) is 24.3 Å². The molecule has 1 amide bonds. The second-order valence-electron chi connectivity index (χ2n) is 5.29. The van der Waals surface area contributed by atoms with Crippen LogP contribution in [0.3, 0.4) is 0 Å². The van der Waals surface area contributed by atoms with Gasteiger partial charge in [0.2, 0.25) is 0 Å². The zero-order valence-electron chi connectivity index (χ0n) is 14.0. The fourth-order valence-electron chi connectivity index (χ4n) is 1.89. The minimum absolute atomic E-state index is 0. The van der Waals surface area contributed by atoms with Crippen LogP contribution < -0.4 is 15.8 Å². The van der Waals surface area contributed by atoms with E-state index in [-0.39, 0.29) is 36.8 Å². The van der Waals surface area contributed by atoms with Gasteiger partial charge in [-0.15, -0.1) is 36.2 Å². The van der Waals surface area contributed by atoms with Crippen molar-refractivity contribution in [3.05, 3.63) is 44.9 Å². The molecule has 0 saturated carbocycles. The van der Waals surface area contributed by atoms with Gasteiger partial charge < -0.3 is 15.8 Å². The van der Waals surface area contributed by atoms with E-state index < -0.39 is 0 Å². The summed E-state index contributed by atoms with van der Waals surface area (Å²) in [6.45, 7) is 4.61. The SMILES string of the molecule is Cc1nc(COc2ccc(Cl)cc2)sc1C(=O)NCCC(C)N.Cl.Cl. The number of amides is 1. The van der Waals surface area contributed by atoms with Crippen LogP contribution in [0.2, 0.25) is 5.02 Å². The van der Waals surface area contributed by atoms with Crippen LogP contribution in [0.25, 0.3) is 0 Å². The number of carbonyl (C=O) groups excluding carboxylic acids is 1. The Morgan fingerprint density at radius 1 is 1.36 bits per heavy atom. The molecular weight excluding hydrogens is 405 g/mol.